The maximum absolute atomic E-state index is 11.2. The summed E-state index contributed by atoms with van der Waals surface area (Å²) in [5, 5.41) is 18.7. The molecule has 0 aromatic heterocycles. The lowest BCUT2D eigenvalue weighted by molar-refractivity contribution is 0.162. The molecule has 0 amide bonds. The molecule has 144 valence electrons. The number of rotatable bonds is 12. The van der Waals surface area contributed by atoms with Crippen molar-refractivity contribution in [3.8, 4) is 0 Å². The molecule has 0 aliphatic carbocycles. The fourth-order valence-electron chi connectivity index (χ4n) is 1.15. The maximum atomic E-state index is 11.2. The van der Waals surface area contributed by atoms with E-state index < -0.39 is 10.4 Å². The summed E-state index contributed by atoms with van der Waals surface area (Å²) in [5.41, 5.74) is 10.1. The normalized spacial score (nSPS) is 10.4. The second-order valence-electron chi connectivity index (χ2n) is 4.22. The number of nitrogens with one attached hydrogen (secondary N) is 4. The van der Waals surface area contributed by atoms with Crippen molar-refractivity contribution in [2.24, 2.45) is 11.5 Å². The lowest BCUT2D eigenvalue weighted by Crippen LogP contribution is -2.32. The highest BCUT2D eigenvalue weighted by Gasteiger charge is 2.10. The minimum absolute atomic E-state index is 0.0612. The van der Waals surface area contributed by atoms with E-state index >= 15 is 0 Å². The summed E-state index contributed by atoms with van der Waals surface area (Å²) < 4.78 is 36.3. The quantitative estimate of drug-likeness (QED) is 0.143. The Morgan fingerprint density at radius 3 is 1.54 bits per heavy atom. The van der Waals surface area contributed by atoms with Crippen LogP contribution in [0.1, 0.15) is 26.7 Å². The third-order valence-corrected chi connectivity index (χ3v) is 3.05. The molecule has 0 unspecified atom stereocenters. The molecule has 0 radical (unpaired) electrons. The third kappa shape index (κ3) is 22.6. The van der Waals surface area contributed by atoms with E-state index in [9.17, 15) is 8.42 Å². The fourth-order valence-corrected chi connectivity index (χ4v) is 1.86. The highest BCUT2D eigenvalue weighted by Crippen LogP contribution is 1.98. The predicted octanol–water partition coefficient (Wildman–Crippen LogP) is -0.946. The molecule has 12 heteroatoms. The van der Waals surface area contributed by atoms with Gasteiger partial charge in [0.1, 0.15) is 0 Å². The van der Waals surface area contributed by atoms with E-state index in [2.05, 4.69) is 19.0 Å². The zero-order valence-electron chi connectivity index (χ0n) is 14.3. The zero-order chi connectivity index (χ0) is 18.8. The summed E-state index contributed by atoms with van der Waals surface area (Å²) in [7, 11) is -4.01. The fraction of sp³-hybridized carbons (Fsp3) is 0.833. The van der Waals surface area contributed by atoms with Gasteiger partial charge in [-0.3, -0.25) is 10.8 Å². The van der Waals surface area contributed by atoms with E-state index in [0.29, 0.717) is 25.9 Å². The molecule has 8 N–H and O–H groups in total. The molecule has 24 heavy (non-hydrogen) atoms. The van der Waals surface area contributed by atoms with Crippen LogP contribution in [0.15, 0.2) is 0 Å². The van der Waals surface area contributed by atoms with Crippen molar-refractivity contribution in [3.05, 3.63) is 0 Å². The monoisotopic (exact) mass is 370 g/mol. The number of guanidine groups is 2. The molecule has 0 aromatic rings. The van der Waals surface area contributed by atoms with Gasteiger partial charge in [-0.15, -0.1) is 0 Å². The van der Waals surface area contributed by atoms with Gasteiger partial charge in [0.15, 0.2) is 11.9 Å². The van der Waals surface area contributed by atoms with Crippen LogP contribution < -0.4 is 22.1 Å². The first-order valence-electron chi connectivity index (χ1n) is 7.52. The van der Waals surface area contributed by atoms with Gasteiger partial charge >= 0.3 is 10.4 Å². The van der Waals surface area contributed by atoms with Crippen LogP contribution in [-0.2, 0) is 23.5 Å². The average molecular weight is 370 g/mol. The van der Waals surface area contributed by atoms with Crippen LogP contribution >= 0.6 is 0 Å². The van der Waals surface area contributed by atoms with Crippen LogP contribution in [0.4, 0.5) is 0 Å². The number of hydrogen-bond donors (Lipinski definition) is 6. The van der Waals surface area contributed by atoms with E-state index in [1.165, 1.54) is 0 Å². The molecule has 11 nitrogen and oxygen atoms in total. The smallest absolute Gasteiger partial charge is 0.382 e. The predicted molar refractivity (Wildman–Crippen MR) is 92.1 cm³/mol. The lowest BCUT2D eigenvalue weighted by Gasteiger charge is -2.07. The standard InChI is InChI=1S/C8H20N6O4S.C4H10O/c9-7(10)13-3-1-5-17-19(15,16)18-6-2-4-14-8(11)12;1-3-5-4-2/h1-6H2,(H4,9,10,13)(H4,11,12,14);3-4H2,1-2H3. The number of nitrogens with two attached hydrogens (primary N) is 2. The number of ether oxygens (including phenoxy) is 1. The van der Waals surface area contributed by atoms with Gasteiger partial charge in [-0.25, -0.2) is 8.37 Å². The Hall–Kier alpha value is -1.63. The van der Waals surface area contributed by atoms with Crippen LogP contribution in [0.25, 0.3) is 0 Å². The lowest BCUT2D eigenvalue weighted by atomic mass is 10.4. The average Bonchev–Trinajstić information content (AvgIpc) is 2.47. The van der Waals surface area contributed by atoms with Crippen molar-refractivity contribution in [1.82, 2.24) is 10.6 Å². The summed E-state index contributed by atoms with van der Waals surface area (Å²) in [4.78, 5) is 0. The van der Waals surface area contributed by atoms with Crippen LogP contribution in [0.2, 0.25) is 0 Å². The Morgan fingerprint density at radius 1 is 0.917 bits per heavy atom. The van der Waals surface area contributed by atoms with Crippen molar-refractivity contribution in [3.63, 3.8) is 0 Å². The van der Waals surface area contributed by atoms with Gasteiger partial charge in [-0.1, -0.05) is 0 Å². The van der Waals surface area contributed by atoms with Gasteiger partial charge in [0, 0.05) is 26.3 Å². The molecule has 0 aromatic carbocycles. The van der Waals surface area contributed by atoms with E-state index in [1.54, 1.807) is 0 Å². The Kier molecular flexibility index (Phi) is 16.7. The van der Waals surface area contributed by atoms with Gasteiger partial charge in [-0.2, -0.15) is 8.42 Å². The summed E-state index contributed by atoms with van der Waals surface area (Å²) in [5.74, 6) is -0.367. The first-order valence-corrected chi connectivity index (χ1v) is 8.85. The van der Waals surface area contributed by atoms with Crippen molar-refractivity contribution in [2.45, 2.75) is 26.7 Å². The number of hydrogen-bond acceptors (Lipinski definition) is 7. The van der Waals surface area contributed by atoms with Crippen molar-refractivity contribution in [2.75, 3.05) is 39.5 Å². The molecular weight excluding hydrogens is 340 g/mol. The molecule has 0 heterocycles. The maximum Gasteiger partial charge on any atom is 0.399 e. The third-order valence-electron chi connectivity index (χ3n) is 2.14. The molecule has 0 aliphatic rings. The molecule has 0 spiro atoms. The van der Waals surface area contributed by atoms with Gasteiger partial charge < -0.3 is 26.8 Å². The Bertz CT molecular complexity index is 400. The minimum Gasteiger partial charge on any atom is -0.382 e. The molecule has 0 saturated carbocycles. The largest absolute Gasteiger partial charge is 0.399 e. The van der Waals surface area contributed by atoms with Crippen LogP contribution in [-0.4, -0.2) is 59.9 Å². The second kappa shape index (κ2) is 16.2. The topological polar surface area (TPSA) is 186 Å². The summed E-state index contributed by atoms with van der Waals surface area (Å²) in [6, 6.07) is 0. The van der Waals surface area contributed by atoms with Crippen molar-refractivity contribution in [1.29, 1.82) is 10.8 Å². The van der Waals surface area contributed by atoms with Gasteiger partial charge in [0.25, 0.3) is 0 Å². The SMILES string of the molecule is CCOCC.N=C(N)NCCCOS(=O)(=O)OCCCNC(=N)N. The van der Waals surface area contributed by atoms with Gasteiger partial charge in [0.2, 0.25) is 0 Å². The van der Waals surface area contributed by atoms with E-state index in [0.717, 1.165) is 13.2 Å². The Labute approximate surface area is 143 Å². The molecule has 0 aliphatic heterocycles. The Balaban J connectivity index is 0. The second-order valence-corrected chi connectivity index (χ2v) is 5.51. The van der Waals surface area contributed by atoms with E-state index in [4.69, 9.17) is 27.0 Å². The van der Waals surface area contributed by atoms with Crippen LogP contribution in [0, 0.1) is 10.8 Å². The molecule has 0 saturated heterocycles. The van der Waals surface area contributed by atoms with Crippen LogP contribution in [0.3, 0.4) is 0 Å². The molecule has 0 atom stereocenters. The van der Waals surface area contributed by atoms with E-state index in [-0.39, 0.29) is 25.1 Å². The van der Waals surface area contributed by atoms with E-state index in [1.807, 2.05) is 13.8 Å². The first-order chi connectivity index (χ1) is 11.2. The summed E-state index contributed by atoms with van der Waals surface area (Å²) in [6.07, 6.45) is 0.738. The van der Waals surface area contributed by atoms with Gasteiger partial charge in [0.05, 0.1) is 13.2 Å². The van der Waals surface area contributed by atoms with Crippen molar-refractivity contribution >= 4 is 22.3 Å². The Morgan fingerprint density at radius 2 is 1.29 bits per heavy atom. The van der Waals surface area contributed by atoms with Crippen LogP contribution in [0.5, 0.6) is 0 Å². The van der Waals surface area contributed by atoms with Gasteiger partial charge in [-0.05, 0) is 26.7 Å². The minimum atomic E-state index is -4.01. The molecular formula is C12H30N6O5S. The zero-order valence-corrected chi connectivity index (χ0v) is 15.1. The first kappa shape index (κ1) is 24.6. The highest BCUT2D eigenvalue weighted by atomic mass is 32.3. The summed E-state index contributed by atoms with van der Waals surface area (Å²) >= 11 is 0. The molecule has 0 rings (SSSR count). The van der Waals surface area contributed by atoms with Crippen molar-refractivity contribution < 1.29 is 21.5 Å². The molecule has 0 fully saturated rings. The highest BCUT2D eigenvalue weighted by molar-refractivity contribution is 7.81. The summed E-state index contributed by atoms with van der Waals surface area (Å²) in [6.45, 7) is 6.23. The molecule has 0 bridgehead atoms.